The summed E-state index contributed by atoms with van der Waals surface area (Å²) >= 11 is 5.86. The first-order chi connectivity index (χ1) is 16.2. The Labute approximate surface area is 200 Å². The van der Waals surface area contributed by atoms with Crippen molar-refractivity contribution in [3.8, 4) is 11.1 Å². The first-order valence-corrected chi connectivity index (χ1v) is 12.1. The van der Waals surface area contributed by atoms with Crippen molar-refractivity contribution in [1.82, 2.24) is 9.72 Å². The number of nitrogens with one attached hydrogen (secondary N) is 1. The minimum atomic E-state index is -4.14. The van der Waals surface area contributed by atoms with Gasteiger partial charge in [-0.05, 0) is 55.3 Å². The number of aromatic nitrogens is 2. The van der Waals surface area contributed by atoms with Crippen LogP contribution in [-0.4, -0.2) is 24.0 Å². The molecule has 2 heterocycles. The zero-order chi connectivity index (χ0) is 24.5. The zero-order valence-electron chi connectivity index (χ0n) is 18.3. The summed E-state index contributed by atoms with van der Waals surface area (Å²) in [6.07, 6.45) is 1.48. The lowest BCUT2D eigenvalue weighted by Gasteiger charge is -2.15. The predicted molar refractivity (Wildman–Crippen MR) is 128 cm³/mol. The Morgan fingerprint density at radius 3 is 2.44 bits per heavy atom. The molecule has 0 saturated carbocycles. The van der Waals surface area contributed by atoms with Crippen LogP contribution >= 0.6 is 11.6 Å². The fraction of sp³-hybridized carbons (Fsp3) is 0.125. The van der Waals surface area contributed by atoms with E-state index in [9.17, 15) is 18.0 Å². The summed E-state index contributed by atoms with van der Waals surface area (Å²) in [7, 11) is -4.14. The highest BCUT2D eigenvalue weighted by molar-refractivity contribution is 7.91. The molecule has 10 heteroatoms. The van der Waals surface area contributed by atoms with Crippen LogP contribution in [0.4, 0.5) is 5.88 Å². The first-order valence-electron chi connectivity index (χ1n) is 10.2. The molecule has 0 unspecified atom stereocenters. The average Bonchev–Trinajstić information content (AvgIpc) is 3.25. The summed E-state index contributed by atoms with van der Waals surface area (Å²) in [5, 5.41) is 6.73. The van der Waals surface area contributed by atoms with Crippen molar-refractivity contribution in [2.24, 2.45) is 0 Å². The number of anilines is 1. The summed E-state index contributed by atoms with van der Waals surface area (Å²) in [5.74, 6) is -0.444. The van der Waals surface area contributed by atoms with Gasteiger partial charge in [-0.3, -0.25) is 14.9 Å². The van der Waals surface area contributed by atoms with Crippen molar-refractivity contribution in [2.75, 3.05) is 5.32 Å². The molecule has 0 saturated heterocycles. The van der Waals surface area contributed by atoms with Gasteiger partial charge in [-0.25, -0.2) is 8.42 Å². The van der Waals surface area contributed by atoms with Gasteiger partial charge in [0, 0.05) is 10.7 Å². The van der Waals surface area contributed by atoms with Crippen LogP contribution in [0.5, 0.6) is 0 Å². The number of carbonyl (C=O) groups is 1. The van der Waals surface area contributed by atoms with Crippen LogP contribution < -0.4 is 10.9 Å². The van der Waals surface area contributed by atoms with E-state index in [2.05, 4.69) is 10.5 Å². The molecular formula is C24H20ClN3O5S. The van der Waals surface area contributed by atoms with Crippen LogP contribution in [0.2, 0.25) is 5.02 Å². The molecule has 4 rings (SSSR count). The van der Waals surface area contributed by atoms with Gasteiger partial charge in [-0.2, -0.15) is 0 Å². The maximum absolute atomic E-state index is 13.3. The highest BCUT2D eigenvalue weighted by atomic mass is 35.5. The van der Waals surface area contributed by atoms with E-state index >= 15 is 0 Å². The third kappa shape index (κ3) is 4.52. The van der Waals surface area contributed by atoms with E-state index in [0.717, 1.165) is 10.1 Å². The topological polar surface area (TPSA) is 111 Å². The smallest absolute Gasteiger partial charge is 0.270 e. The fourth-order valence-corrected chi connectivity index (χ4v) is 5.30. The highest BCUT2D eigenvalue weighted by Gasteiger charge is 2.26. The molecule has 34 heavy (non-hydrogen) atoms. The fourth-order valence-electron chi connectivity index (χ4n) is 3.63. The molecule has 2 aromatic heterocycles. The van der Waals surface area contributed by atoms with E-state index < -0.39 is 32.7 Å². The molecule has 0 fully saturated rings. The van der Waals surface area contributed by atoms with E-state index in [1.165, 1.54) is 30.5 Å². The third-order valence-electron chi connectivity index (χ3n) is 5.25. The number of benzene rings is 2. The molecule has 0 aliphatic carbocycles. The van der Waals surface area contributed by atoms with Crippen LogP contribution in [-0.2, 0) is 21.2 Å². The van der Waals surface area contributed by atoms with Crippen LogP contribution in [0.25, 0.3) is 11.1 Å². The molecule has 1 N–H and O–H groups in total. The van der Waals surface area contributed by atoms with E-state index in [-0.39, 0.29) is 16.3 Å². The van der Waals surface area contributed by atoms with Gasteiger partial charge in [0.2, 0.25) is 21.6 Å². The number of hydrogen-bond acceptors (Lipinski definition) is 6. The molecule has 0 atom stereocenters. The van der Waals surface area contributed by atoms with E-state index in [1.807, 2.05) is 30.3 Å². The van der Waals surface area contributed by atoms with Gasteiger partial charge in [0.1, 0.15) is 11.4 Å². The summed E-state index contributed by atoms with van der Waals surface area (Å²) in [6, 6.07) is 16.3. The molecule has 0 radical (unpaired) electrons. The molecule has 0 bridgehead atoms. The van der Waals surface area contributed by atoms with Gasteiger partial charge in [-0.1, -0.05) is 47.1 Å². The van der Waals surface area contributed by atoms with Gasteiger partial charge < -0.3 is 9.09 Å². The predicted octanol–water partition coefficient (Wildman–Crippen LogP) is 4.25. The van der Waals surface area contributed by atoms with Crippen LogP contribution in [0.15, 0.2) is 86.0 Å². The minimum absolute atomic E-state index is 0.0638. The standard InChI is InChI=1S/C24H20ClN3O5S/c1-15-12-16(2)28(24(30)22(15)34(31,32)19-10-8-18(25)9-11-19)14-21(29)27-23-20(13-26-33-23)17-6-4-3-5-7-17/h3-13H,14H2,1-2H3,(H,27,29). The number of nitrogens with zero attached hydrogens (tertiary/aromatic N) is 2. The largest absolute Gasteiger partial charge is 0.338 e. The van der Waals surface area contributed by atoms with Crippen molar-refractivity contribution in [3.63, 3.8) is 0 Å². The Hall–Kier alpha value is -3.69. The monoisotopic (exact) mass is 497 g/mol. The number of halogens is 1. The van der Waals surface area contributed by atoms with Crippen molar-refractivity contribution in [3.05, 3.63) is 93.5 Å². The Balaban J connectivity index is 1.67. The molecular weight excluding hydrogens is 478 g/mol. The molecule has 0 spiro atoms. The normalized spacial score (nSPS) is 11.4. The van der Waals surface area contributed by atoms with Crippen molar-refractivity contribution in [2.45, 2.75) is 30.2 Å². The van der Waals surface area contributed by atoms with Crippen LogP contribution in [0.3, 0.4) is 0 Å². The molecule has 0 aliphatic rings. The molecule has 0 aliphatic heterocycles. The number of amides is 1. The second-order valence-electron chi connectivity index (χ2n) is 7.63. The first kappa shape index (κ1) is 23.5. The SMILES string of the molecule is Cc1cc(C)n(CC(=O)Nc2oncc2-c2ccccc2)c(=O)c1S(=O)(=O)c1ccc(Cl)cc1. The Morgan fingerprint density at radius 1 is 1.09 bits per heavy atom. The molecule has 174 valence electrons. The van der Waals surface area contributed by atoms with Gasteiger partial charge >= 0.3 is 0 Å². The summed E-state index contributed by atoms with van der Waals surface area (Å²) in [6.45, 7) is 2.76. The lowest BCUT2D eigenvalue weighted by molar-refractivity contribution is -0.117. The number of hydrogen-bond donors (Lipinski definition) is 1. The quantitative estimate of drug-likeness (QED) is 0.426. The Bertz CT molecular complexity index is 1530. The molecule has 8 nitrogen and oxygen atoms in total. The zero-order valence-corrected chi connectivity index (χ0v) is 19.9. The second-order valence-corrected chi connectivity index (χ2v) is 9.95. The Kier molecular flexibility index (Phi) is 6.41. The van der Waals surface area contributed by atoms with E-state index in [0.29, 0.717) is 16.3 Å². The molecule has 4 aromatic rings. The number of aryl methyl sites for hydroxylation is 2. The summed E-state index contributed by atoms with van der Waals surface area (Å²) in [4.78, 5) is 25.6. The van der Waals surface area contributed by atoms with Gasteiger partial charge in [0.25, 0.3) is 5.56 Å². The minimum Gasteiger partial charge on any atom is -0.338 e. The molecule has 2 aromatic carbocycles. The van der Waals surface area contributed by atoms with Crippen LogP contribution in [0, 0.1) is 13.8 Å². The van der Waals surface area contributed by atoms with Crippen molar-refractivity contribution in [1.29, 1.82) is 0 Å². The maximum atomic E-state index is 13.3. The van der Waals surface area contributed by atoms with Crippen LogP contribution in [0.1, 0.15) is 11.3 Å². The number of carbonyl (C=O) groups excluding carboxylic acids is 1. The second kappa shape index (κ2) is 9.28. The maximum Gasteiger partial charge on any atom is 0.270 e. The van der Waals surface area contributed by atoms with E-state index in [1.54, 1.807) is 19.9 Å². The van der Waals surface area contributed by atoms with Crippen molar-refractivity contribution >= 4 is 33.2 Å². The number of pyridine rings is 1. The van der Waals surface area contributed by atoms with Gasteiger partial charge in [0.15, 0.2) is 0 Å². The summed E-state index contributed by atoms with van der Waals surface area (Å²) < 4.78 is 32.7. The molecule has 1 amide bonds. The van der Waals surface area contributed by atoms with Gasteiger partial charge in [0.05, 0.1) is 16.7 Å². The van der Waals surface area contributed by atoms with Gasteiger partial charge in [-0.15, -0.1) is 0 Å². The number of sulfone groups is 1. The number of rotatable bonds is 6. The summed E-state index contributed by atoms with van der Waals surface area (Å²) in [5.41, 5.74) is 1.31. The lowest BCUT2D eigenvalue weighted by atomic mass is 10.1. The third-order valence-corrected chi connectivity index (χ3v) is 7.43. The average molecular weight is 498 g/mol. The lowest BCUT2D eigenvalue weighted by Crippen LogP contribution is -2.33. The van der Waals surface area contributed by atoms with Crippen molar-refractivity contribution < 1.29 is 17.7 Å². The van der Waals surface area contributed by atoms with E-state index in [4.69, 9.17) is 16.1 Å². The highest BCUT2D eigenvalue weighted by Crippen LogP contribution is 2.27. The Morgan fingerprint density at radius 2 is 1.76 bits per heavy atom.